The summed E-state index contributed by atoms with van der Waals surface area (Å²) in [6.45, 7) is 9.29. The summed E-state index contributed by atoms with van der Waals surface area (Å²) in [7, 11) is 0. The smallest absolute Gasteiger partial charge is 0.136 e. The molecule has 0 amide bonds. The molecule has 0 bridgehead atoms. The van der Waals surface area contributed by atoms with Crippen LogP contribution in [0.1, 0.15) is 88.5 Å². The molecular weight excluding hydrogens is 426 g/mol. The standard InChI is InChI=1S/C28H37F2N.C2H3N/c1-4-24(31(21(2)3)19-14-22-8-6-5-7-9-22)12-10-23-11-13-25(27(29)15-16-27)26(20-23)28(30)17-18-28;1-2-3/h5-9,11,13,20-21,24H,4,10,12,14-19H2,1-3H3;1H3. The van der Waals surface area contributed by atoms with E-state index in [-0.39, 0.29) is 0 Å². The molecule has 4 heteroatoms. The van der Waals surface area contributed by atoms with E-state index < -0.39 is 11.3 Å². The minimum Gasteiger partial charge on any atom is -0.298 e. The van der Waals surface area contributed by atoms with Gasteiger partial charge in [0.2, 0.25) is 0 Å². The second-order valence-electron chi connectivity index (χ2n) is 10.2. The van der Waals surface area contributed by atoms with Gasteiger partial charge in [0.25, 0.3) is 0 Å². The van der Waals surface area contributed by atoms with Crippen LogP contribution in [0.25, 0.3) is 0 Å². The molecule has 0 spiro atoms. The summed E-state index contributed by atoms with van der Waals surface area (Å²) in [6, 6.07) is 19.3. The number of aryl methyl sites for hydroxylation is 1. The Morgan fingerprint density at radius 1 is 0.912 bits per heavy atom. The van der Waals surface area contributed by atoms with Gasteiger partial charge < -0.3 is 0 Å². The Morgan fingerprint density at radius 3 is 2.03 bits per heavy atom. The average Bonchev–Trinajstić information content (AvgIpc) is 3.76. The molecule has 1 unspecified atom stereocenters. The Balaban J connectivity index is 0.00000103. The van der Waals surface area contributed by atoms with Gasteiger partial charge in [-0.3, -0.25) is 4.90 Å². The van der Waals surface area contributed by atoms with Gasteiger partial charge in [0.1, 0.15) is 11.3 Å². The molecule has 2 saturated carbocycles. The molecule has 4 rings (SSSR count). The molecule has 184 valence electrons. The van der Waals surface area contributed by atoms with Crippen LogP contribution in [0.3, 0.4) is 0 Å². The molecule has 0 saturated heterocycles. The number of nitrogens with zero attached hydrogens (tertiary/aromatic N) is 2. The van der Waals surface area contributed by atoms with Crippen molar-refractivity contribution in [2.45, 2.75) is 102 Å². The first-order chi connectivity index (χ1) is 16.3. The Kier molecular flexibility index (Phi) is 8.88. The van der Waals surface area contributed by atoms with Crippen LogP contribution in [0, 0.1) is 11.3 Å². The number of rotatable bonds is 11. The Morgan fingerprint density at radius 2 is 1.50 bits per heavy atom. The topological polar surface area (TPSA) is 27.0 Å². The van der Waals surface area contributed by atoms with Crippen molar-refractivity contribution < 1.29 is 8.78 Å². The van der Waals surface area contributed by atoms with E-state index in [1.54, 1.807) is 6.07 Å². The number of hydrogen-bond donors (Lipinski definition) is 0. The fourth-order valence-corrected chi connectivity index (χ4v) is 4.97. The van der Waals surface area contributed by atoms with Crippen molar-refractivity contribution in [2.24, 2.45) is 0 Å². The second-order valence-corrected chi connectivity index (χ2v) is 10.2. The highest BCUT2D eigenvalue weighted by atomic mass is 19.1. The van der Waals surface area contributed by atoms with Crippen LogP contribution < -0.4 is 0 Å². The lowest BCUT2D eigenvalue weighted by molar-refractivity contribution is 0.143. The lowest BCUT2D eigenvalue weighted by Gasteiger charge is -2.35. The van der Waals surface area contributed by atoms with Crippen molar-refractivity contribution in [3.63, 3.8) is 0 Å². The van der Waals surface area contributed by atoms with Crippen LogP contribution in [0.2, 0.25) is 0 Å². The highest BCUT2D eigenvalue weighted by molar-refractivity contribution is 5.44. The molecule has 2 aliphatic carbocycles. The first kappa shape index (κ1) is 26.4. The molecule has 0 aromatic heterocycles. The van der Waals surface area contributed by atoms with Crippen LogP contribution in [0.15, 0.2) is 48.5 Å². The van der Waals surface area contributed by atoms with Crippen molar-refractivity contribution in [1.29, 1.82) is 5.26 Å². The van der Waals surface area contributed by atoms with Crippen LogP contribution in [0.4, 0.5) is 8.78 Å². The highest BCUT2D eigenvalue weighted by Gasteiger charge is 2.53. The molecular formula is C30H40F2N2. The van der Waals surface area contributed by atoms with E-state index in [1.807, 2.05) is 18.2 Å². The molecule has 2 nitrogen and oxygen atoms in total. The maximum absolute atomic E-state index is 15.0. The zero-order valence-corrected chi connectivity index (χ0v) is 21.3. The maximum atomic E-state index is 15.0. The van der Waals surface area contributed by atoms with Gasteiger partial charge in [0.15, 0.2) is 0 Å². The summed E-state index contributed by atoms with van der Waals surface area (Å²) in [4.78, 5) is 2.61. The zero-order chi connectivity index (χ0) is 24.8. The molecule has 2 aromatic rings. The summed E-state index contributed by atoms with van der Waals surface area (Å²) in [6.07, 6.45) is 6.26. The molecule has 2 fully saturated rings. The van der Waals surface area contributed by atoms with Crippen molar-refractivity contribution in [3.05, 3.63) is 70.8 Å². The van der Waals surface area contributed by atoms with Gasteiger partial charge in [0.05, 0.1) is 6.07 Å². The fourth-order valence-electron chi connectivity index (χ4n) is 4.97. The van der Waals surface area contributed by atoms with Crippen LogP contribution in [-0.2, 0) is 24.2 Å². The third-order valence-corrected chi connectivity index (χ3v) is 7.30. The van der Waals surface area contributed by atoms with Crippen molar-refractivity contribution in [2.75, 3.05) is 6.54 Å². The third kappa shape index (κ3) is 6.66. The van der Waals surface area contributed by atoms with E-state index in [9.17, 15) is 4.39 Å². The van der Waals surface area contributed by atoms with E-state index in [1.165, 1.54) is 12.5 Å². The van der Waals surface area contributed by atoms with Gasteiger partial charge in [-0.15, -0.1) is 0 Å². The second kappa shape index (κ2) is 11.5. The molecule has 0 radical (unpaired) electrons. The Labute approximate surface area is 205 Å². The lowest BCUT2D eigenvalue weighted by Crippen LogP contribution is -2.41. The van der Waals surface area contributed by atoms with E-state index in [4.69, 9.17) is 5.26 Å². The quantitative estimate of drug-likeness (QED) is 0.338. The Hall–Kier alpha value is -2.25. The van der Waals surface area contributed by atoms with Crippen LogP contribution >= 0.6 is 0 Å². The first-order valence-electron chi connectivity index (χ1n) is 12.9. The van der Waals surface area contributed by atoms with E-state index in [2.05, 4.69) is 56.0 Å². The summed E-state index contributed by atoms with van der Waals surface area (Å²) >= 11 is 0. The predicted octanol–water partition coefficient (Wildman–Crippen LogP) is 7.80. The molecule has 2 aromatic carbocycles. The number of benzene rings is 2. The fraction of sp³-hybridized carbons (Fsp3) is 0.567. The van der Waals surface area contributed by atoms with E-state index in [0.717, 1.165) is 37.8 Å². The minimum absolute atomic E-state index is 0.480. The van der Waals surface area contributed by atoms with Crippen molar-refractivity contribution in [3.8, 4) is 6.07 Å². The molecule has 0 heterocycles. The van der Waals surface area contributed by atoms with Gasteiger partial charge in [0, 0.05) is 25.6 Å². The van der Waals surface area contributed by atoms with E-state index >= 15 is 4.39 Å². The highest BCUT2D eigenvalue weighted by Crippen LogP contribution is 2.58. The van der Waals surface area contributed by atoms with Crippen LogP contribution in [-0.4, -0.2) is 23.5 Å². The normalized spacial score (nSPS) is 18.1. The predicted molar refractivity (Wildman–Crippen MR) is 136 cm³/mol. The van der Waals surface area contributed by atoms with Gasteiger partial charge in [-0.1, -0.05) is 55.5 Å². The number of nitriles is 1. The van der Waals surface area contributed by atoms with Gasteiger partial charge in [-0.25, -0.2) is 8.78 Å². The summed E-state index contributed by atoms with van der Waals surface area (Å²) in [5, 5.41) is 7.32. The summed E-state index contributed by atoms with van der Waals surface area (Å²) < 4.78 is 29.8. The van der Waals surface area contributed by atoms with Crippen LogP contribution in [0.5, 0.6) is 0 Å². The number of halogens is 2. The van der Waals surface area contributed by atoms with Crippen molar-refractivity contribution >= 4 is 0 Å². The zero-order valence-electron chi connectivity index (χ0n) is 21.3. The minimum atomic E-state index is -1.28. The van der Waals surface area contributed by atoms with E-state index in [0.29, 0.717) is 48.9 Å². The molecule has 0 N–H and O–H groups in total. The first-order valence-corrected chi connectivity index (χ1v) is 12.9. The maximum Gasteiger partial charge on any atom is 0.136 e. The number of hydrogen-bond acceptors (Lipinski definition) is 2. The molecule has 34 heavy (non-hydrogen) atoms. The largest absolute Gasteiger partial charge is 0.298 e. The lowest BCUT2D eigenvalue weighted by atomic mass is 9.92. The molecule has 0 aliphatic heterocycles. The van der Waals surface area contributed by atoms with Gasteiger partial charge >= 0.3 is 0 Å². The Bertz CT molecular complexity index is 956. The summed E-state index contributed by atoms with van der Waals surface area (Å²) in [5.41, 5.74) is 1.24. The monoisotopic (exact) mass is 466 g/mol. The average molecular weight is 467 g/mol. The summed E-state index contributed by atoms with van der Waals surface area (Å²) in [5.74, 6) is 0. The van der Waals surface area contributed by atoms with Crippen molar-refractivity contribution in [1.82, 2.24) is 4.90 Å². The van der Waals surface area contributed by atoms with Gasteiger partial charge in [-0.05, 0) is 87.5 Å². The third-order valence-electron chi connectivity index (χ3n) is 7.30. The SMILES string of the molecule is CC#N.CCC(CCc1ccc(C2(F)CC2)c(C2(F)CC2)c1)N(CCc1ccccc1)C(C)C. The van der Waals surface area contributed by atoms with Gasteiger partial charge in [-0.2, -0.15) is 5.26 Å². The molecule has 1 atom stereocenters. The number of alkyl halides is 2. The molecule has 2 aliphatic rings.